The van der Waals surface area contributed by atoms with Crippen LogP contribution in [0.2, 0.25) is 15.8 Å². The van der Waals surface area contributed by atoms with Crippen molar-refractivity contribution in [1.82, 2.24) is 0 Å². The fraction of sp³-hybridized carbons (Fsp3) is 1.00. The molecule has 1 radical (unpaired) electrons. The predicted molar refractivity (Wildman–Crippen MR) is 69.7 cm³/mol. The molecule has 0 saturated heterocycles. The maximum atomic E-state index is 5.12. The molecule has 0 amide bonds. The van der Waals surface area contributed by atoms with Gasteiger partial charge in [0.2, 0.25) is 0 Å². The van der Waals surface area contributed by atoms with E-state index in [4.69, 9.17) is 14.2 Å². The summed E-state index contributed by atoms with van der Waals surface area (Å²) in [6.07, 6.45) is 3.73. The van der Waals surface area contributed by atoms with Gasteiger partial charge in [-0.05, 0) is 0 Å². The second-order valence-corrected chi connectivity index (χ2v) is 10.3. The molecule has 0 N–H and O–H groups in total. The van der Waals surface area contributed by atoms with Gasteiger partial charge in [0.1, 0.15) is 0 Å². The number of ether oxygens (including phenoxy) is 3. The molecule has 16 heavy (non-hydrogen) atoms. The standard InChI is InChI=1S/C12H27GeO3/c1-14-10-4-7-13(8-5-11-15-2)9-6-12-16-3/h4-12H2,1-3H3. The van der Waals surface area contributed by atoms with Crippen molar-refractivity contribution in [3.05, 3.63) is 0 Å². The van der Waals surface area contributed by atoms with Gasteiger partial charge in [0.25, 0.3) is 0 Å². The van der Waals surface area contributed by atoms with Crippen LogP contribution >= 0.6 is 0 Å². The Kier molecular flexibility index (Phi) is 13.8. The molecule has 0 aliphatic rings. The molecule has 0 aromatic carbocycles. The first-order valence-electron chi connectivity index (χ1n) is 6.15. The Hall–Kier alpha value is 0.423. The van der Waals surface area contributed by atoms with Crippen molar-refractivity contribution >= 4 is 14.3 Å². The number of hydrogen-bond acceptors (Lipinski definition) is 3. The zero-order chi connectivity index (χ0) is 12.1. The molecule has 0 bridgehead atoms. The number of methoxy groups -OCH3 is 3. The molecule has 0 atom stereocenters. The summed E-state index contributed by atoms with van der Waals surface area (Å²) in [5.74, 6) is 0. The van der Waals surface area contributed by atoms with E-state index in [1.165, 1.54) is 35.0 Å². The summed E-state index contributed by atoms with van der Waals surface area (Å²) >= 11 is -0.843. The van der Waals surface area contributed by atoms with Gasteiger partial charge >= 0.3 is 105 Å². The molecular weight excluding hydrogens is 265 g/mol. The van der Waals surface area contributed by atoms with Crippen LogP contribution in [0.1, 0.15) is 19.3 Å². The van der Waals surface area contributed by atoms with Gasteiger partial charge in [-0.2, -0.15) is 0 Å². The first-order chi connectivity index (χ1) is 7.85. The van der Waals surface area contributed by atoms with Crippen molar-refractivity contribution in [2.75, 3.05) is 41.2 Å². The quantitative estimate of drug-likeness (QED) is 0.409. The molecule has 0 unspecified atom stereocenters. The monoisotopic (exact) mass is 293 g/mol. The fourth-order valence-electron chi connectivity index (χ4n) is 1.77. The summed E-state index contributed by atoms with van der Waals surface area (Å²) in [5, 5.41) is 4.30. The minimum absolute atomic E-state index is 0.843. The van der Waals surface area contributed by atoms with Gasteiger partial charge in [-0.3, -0.25) is 0 Å². The first kappa shape index (κ1) is 16.4. The van der Waals surface area contributed by atoms with E-state index in [2.05, 4.69) is 0 Å². The predicted octanol–water partition coefficient (Wildman–Crippen LogP) is 2.59. The van der Waals surface area contributed by atoms with Crippen LogP contribution in [0.3, 0.4) is 0 Å². The molecule has 0 aromatic rings. The maximum absolute atomic E-state index is 5.12. The SMILES string of the molecule is COCC[CH2][Ge]([CH2]CCOC)[CH2]CCOC. The average Bonchev–Trinajstić information content (AvgIpc) is 2.29. The van der Waals surface area contributed by atoms with Crippen LogP contribution in [-0.2, 0) is 14.2 Å². The van der Waals surface area contributed by atoms with E-state index in [-0.39, 0.29) is 0 Å². The molecule has 0 spiro atoms. The van der Waals surface area contributed by atoms with Gasteiger partial charge in [-0.1, -0.05) is 0 Å². The Morgan fingerprint density at radius 2 is 0.938 bits per heavy atom. The molecule has 4 heteroatoms. The summed E-state index contributed by atoms with van der Waals surface area (Å²) in [4.78, 5) is 0. The molecule has 0 aromatic heterocycles. The van der Waals surface area contributed by atoms with Crippen LogP contribution in [0.4, 0.5) is 0 Å². The normalized spacial score (nSPS) is 11.2. The van der Waals surface area contributed by atoms with E-state index in [9.17, 15) is 0 Å². The summed E-state index contributed by atoms with van der Waals surface area (Å²) in [7, 11) is 5.36. The second-order valence-electron chi connectivity index (χ2n) is 4.04. The molecule has 0 aliphatic carbocycles. The summed E-state index contributed by atoms with van der Waals surface area (Å²) in [5.41, 5.74) is 0. The van der Waals surface area contributed by atoms with Gasteiger partial charge in [-0.15, -0.1) is 0 Å². The molecule has 3 nitrogen and oxygen atoms in total. The number of hydrogen-bond donors (Lipinski definition) is 0. The van der Waals surface area contributed by atoms with Crippen molar-refractivity contribution < 1.29 is 14.2 Å². The van der Waals surface area contributed by atoms with E-state index in [1.807, 2.05) is 0 Å². The van der Waals surface area contributed by atoms with Crippen molar-refractivity contribution in [1.29, 1.82) is 0 Å². The molecular formula is C12H27GeO3. The fourth-order valence-corrected chi connectivity index (χ4v) is 7.40. The van der Waals surface area contributed by atoms with Gasteiger partial charge in [0, 0.05) is 0 Å². The van der Waals surface area contributed by atoms with E-state index >= 15 is 0 Å². The molecule has 0 heterocycles. The van der Waals surface area contributed by atoms with Crippen molar-refractivity contribution in [2.45, 2.75) is 35.0 Å². The number of rotatable bonds is 12. The van der Waals surface area contributed by atoms with Gasteiger partial charge in [0.15, 0.2) is 0 Å². The zero-order valence-electron chi connectivity index (χ0n) is 11.1. The van der Waals surface area contributed by atoms with Gasteiger partial charge in [0.05, 0.1) is 0 Å². The van der Waals surface area contributed by atoms with Gasteiger partial charge < -0.3 is 0 Å². The van der Waals surface area contributed by atoms with E-state index < -0.39 is 14.3 Å². The van der Waals surface area contributed by atoms with Crippen molar-refractivity contribution in [2.24, 2.45) is 0 Å². The van der Waals surface area contributed by atoms with Crippen LogP contribution in [0.15, 0.2) is 0 Å². The Morgan fingerprint density at radius 3 is 1.19 bits per heavy atom. The van der Waals surface area contributed by atoms with Crippen LogP contribution < -0.4 is 0 Å². The van der Waals surface area contributed by atoms with Crippen molar-refractivity contribution in [3.63, 3.8) is 0 Å². The molecule has 0 saturated carbocycles. The van der Waals surface area contributed by atoms with Crippen LogP contribution in [0, 0.1) is 0 Å². The third kappa shape index (κ3) is 10.9. The minimum atomic E-state index is -0.843. The summed E-state index contributed by atoms with van der Waals surface area (Å²) in [6.45, 7) is 2.77. The third-order valence-electron chi connectivity index (χ3n) is 2.64. The summed E-state index contributed by atoms with van der Waals surface area (Å²) < 4.78 is 15.4. The van der Waals surface area contributed by atoms with Crippen LogP contribution in [0.5, 0.6) is 0 Å². The summed E-state index contributed by atoms with van der Waals surface area (Å²) in [6, 6.07) is 0. The van der Waals surface area contributed by atoms with Gasteiger partial charge in [-0.25, -0.2) is 0 Å². The Morgan fingerprint density at radius 1 is 0.625 bits per heavy atom. The average molecular weight is 292 g/mol. The van der Waals surface area contributed by atoms with Crippen molar-refractivity contribution in [3.8, 4) is 0 Å². The van der Waals surface area contributed by atoms with E-state index in [0.29, 0.717) is 0 Å². The van der Waals surface area contributed by atoms with Crippen LogP contribution in [-0.4, -0.2) is 55.5 Å². The first-order valence-corrected chi connectivity index (χ1v) is 10.6. The van der Waals surface area contributed by atoms with E-state index in [1.54, 1.807) is 21.3 Å². The Balaban J connectivity index is 3.58. The Bertz CT molecular complexity index is 110. The van der Waals surface area contributed by atoms with Crippen LogP contribution in [0.25, 0.3) is 0 Å². The third-order valence-corrected chi connectivity index (χ3v) is 9.31. The second kappa shape index (κ2) is 13.5. The molecule has 0 rings (SSSR count). The van der Waals surface area contributed by atoms with E-state index in [0.717, 1.165) is 19.8 Å². The molecule has 0 aliphatic heterocycles. The topological polar surface area (TPSA) is 27.7 Å². The molecule has 0 fully saturated rings. The zero-order valence-corrected chi connectivity index (χ0v) is 13.2. The Labute approximate surface area is 105 Å². The molecule has 97 valence electrons.